The van der Waals surface area contributed by atoms with Gasteiger partial charge in [0.25, 0.3) is 0 Å². The Kier molecular flexibility index (Phi) is 5.88. The standard InChI is InChI=1S/C24H23NO4S/c1-2-20(25)22-11-18(14-30-22)19-10-15(9-17-7-8-28-24(17)19)13-29-21-6-4-3-5-16(21)12-23(26)27/h3-11,14,20H,2,12-13,25H2,1H3,(H,26,27). The van der Waals surface area contributed by atoms with Crippen molar-refractivity contribution in [3.63, 3.8) is 0 Å². The van der Waals surface area contributed by atoms with Gasteiger partial charge in [0.2, 0.25) is 0 Å². The van der Waals surface area contributed by atoms with Gasteiger partial charge in [0, 0.05) is 27.4 Å². The lowest BCUT2D eigenvalue weighted by Crippen LogP contribution is -2.05. The third kappa shape index (κ3) is 4.25. The van der Waals surface area contributed by atoms with Crippen LogP contribution in [0.15, 0.2) is 64.6 Å². The second-order valence-electron chi connectivity index (χ2n) is 7.20. The zero-order chi connectivity index (χ0) is 21.1. The van der Waals surface area contributed by atoms with Crippen molar-refractivity contribution in [2.45, 2.75) is 32.4 Å². The molecule has 0 radical (unpaired) electrons. The molecule has 0 fully saturated rings. The Morgan fingerprint density at radius 2 is 2.07 bits per heavy atom. The summed E-state index contributed by atoms with van der Waals surface area (Å²) < 4.78 is 11.7. The molecule has 4 rings (SSSR count). The molecular formula is C24H23NO4S. The van der Waals surface area contributed by atoms with Gasteiger partial charge < -0.3 is 20.0 Å². The van der Waals surface area contributed by atoms with Crippen LogP contribution in [0.25, 0.3) is 22.1 Å². The molecule has 0 saturated carbocycles. The first-order valence-electron chi connectivity index (χ1n) is 9.82. The number of aliphatic carboxylic acids is 1. The largest absolute Gasteiger partial charge is 0.489 e. The second kappa shape index (κ2) is 8.73. The Bertz CT molecular complexity index is 1180. The summed E-state index contributed by atoms with van der Waals surface area (Å²) >= 11 is 1.66. The normalized spacial score (nSPS) is 12.2. The summed E-state index contributed by atoms with van der Waals surface area (Å²) in [6.45, 7) is 2.41. The van der Waals surface area contributed by atoms with Crippen molar-refractivity contribution in [1.82, 2.24) is 0 Å². The maximum absolute atomic E-state index is 11.1. The van der Waals surface area contributed by atoms with Crippen molar-refractivity contribution in [3.05, 3.63) is 76.2 Å². The molecule has 6 heteroatoms. The fraction of sp³-hybridized carbons (Fsp3) is 0.208. The van der Waals surface area contributed by atoms with E-state index in [4.69, 9.17) is 20.0 Å². The van der Waals surface area contributed by atoms with E-state index in [0.29, 0.717) is 17.9 Å². The number of ether oxygens (including phenoxy) is 1. The number of nitrogens with two attached hydrogens (primary N) is 1. The number of para-hydroxylation sites is 1. The van der Waals surface area contributed by atoms with E-state index < -0.39 is 5.97 Å². The fourth-order valence-electron chi connectivity index (χ4n) is 3.45. The molecule has 154 valence electrons. The van der Waals surface area contributed by atoms with Gasteiger partial charge in [-0.2, -0.15) is 0 Å². The molecule has 0 bridgehead atoms. The van der Waals surface area contributed by atoms with Crippen LogP contribution in [0.1, 0.15) is 35.4 Å². The van der Waals surface area contributed by atoms with Crippen LogP contribution in [-0.4, -0.2) is 11.1 Å². The molecule has 3 N–H and O–H groups in total. The minimum absolute atomic E-state index is 0.0353. The lowest BCUT2D eigenvalue weighted by Gasteiger charge is -2.11. The van der Waals surface area contributed by atoms with Crippen molar-refractivity contribution in [3.8, 4) is 16.9 Å². The summed E-state index contributed by atoms with van der Waals surface area (Å²) in [5.74, 6) is -0.299. The lowest BCUT2D eigenvalue weighted by molar-refractivity contribution is -0.136. The molecule has 0 saturated heterocycles. The number of hydrogen-bond acceptors (Lipinski definition) is 5. The molecule has 1 atom stereocenters. The number of carboxylic acid groups (broad SMARTS) is 1. The highest BCUT2D eigenvalue weighted by molar-refractivity contribution is 7.10. The topological polar surface area (TPSA) is 85.7 Å². The van der Waals surface area contributed by atoms with Crippen LogP contribution in [0, 0.1) is 0 Å². The van der Waals surface area contributed by atoms with Gasteiger partial charge in [0.05, 0.1) is 12.7 Å². The first kappa shape index (κ1) is 20.2. The zero-order valence-electron chi connectivity index (χ0n) is 16.6. The number of furan rings is 1. The van der Waals surface area contributed by atoms with Gasteiger partial charge in [-0.3, -0.25) is 4.79 Å². The monoisotopic (exact) mass is 421 g/mol. The summed E-state index contributed by atoms with van der Waals surface area (Å²) in [7, 11) is 0. The van der Waals surface area contributed by atoms with E-state index in [2.05, 4.69) is 24.4 Å². The molecule has 0 aliphatic rings. The Balaban J connectivity index is 1.64. The van der Waals surface area contributed by atoms with Crippen molar-refractivity contribution in [1.29, 1.82) is 0 Å². The highest BCUT2D eigenvalue weighted by Gasteiger charge is 2.14. The quantitative estimate of drug-likeness (QED) is 0.377. The van der Waals surface area contributed by atoms with Crippen molar-refractivity contribution in [2.24, 2.45) is 5.73 Å². The van der Waals surface area contributed by atoms with Gasteiger partial charge in [0.15, 0.2) is 0 Å². The summed E-state index contributed by atoms with van der Waals surface area (Å²) in [6.07, 6.45) is 2.50. The zero-order valence-corrected chi connectivity index (χ0v) is 17.4. The van der Waals surface area contributed by atoms with Gasteiger partial charge in [-0.1, -0.05) is 25.1 Å². The minimum Gasteiger partial charge on any atom is -0.489 e. The lowest BCUT2D eigenvalue weighted by atomic mass is 10.0. The molecule has 1 unspecified atom stereocenters. The predicted octanol–water partition coefficient (Wildman–Crippen LogP) is 5.78. The third-order valence-corrected chi connectivity index (χ3v) is 6.12. The smallest absolute Gasteiger partial charge is 0.307 e. The molecule has 2 heterocycles. The number of thiophene rings is 1. The van der Waals surface area contributed by atoms with Crippen molar-refractivity contribution in [2.75, 3.05) is 0 Å². The minimum atomic E-state index is -0.883. The van der Waals surface area contributed by atoms with Gasteiger partial charge in [-0.15, -0.1) is 11.3 Å². The van der Waals surface area contributed by atoms with Crippen molar-refractivity contribution >= 4 is 28.3 Å². The molecule has 30 heavy (non-hydrogen) atoms. The number of fused-ring (bicyclic) bond motifs is 1. The maximum atomic E-state index is 11.1. The van der Waals surface area contributed by atoms with Crippen LogP contribution < -0.4 is 10.5 Å². The van der Waals surface area contributed by atoms with Crippen LogP contribution in [0.3, 0.4) is 0 Å². The van der Waals surface area contributed by atoms with E-state index in [9.17, 15) is 4.79 Å². The average Bonchev–Trinajstić information content (AvgIpc) is 3.41. The van der Waals surface area contributed by atoms with E-state index in [0.717, 1.165) is 39.0 Å². The highest BCUT2D eigenvalue weighted by atomic mass is 32.1. The second-order valence-corrected chi connectivity index (χ2v) is 8.14. The molecule has 0 amide bonds. The average molecular weight is 422 g/mol. The summed E-state index contributed by atoms with van der Waals surface area (Å²) in [6, 6.07) is 15.4. The number of carbonyl (C=O) groups is 1. The number of benzene rings is 2. The maximum Gasteiger partial charge on any atom is 0.307 e. The van der Waals surface area contributed by atoms with Gasteiger partial charge in [0.1, 0.15) is 17.9 Å². The van der Waals surface area contributed by atoms with Crippen LogP contribution in [0.4, 0.5) is 0 Å². The number of carboxylic acids is 1. The SMILES string of the molecule is CCC(N)c1cc(-c2cc(COc3ccccc3CC(=O)O)cc3ccoc23)cs1. The van der Waals surface area contributed by atoms with Crippen LogP contribution >= 0.6 is 11.3 Å². The Hall–Kier alpha value is -3.09. The predicted molar refractivity (Wildman–Crippen MR) is 119 cm³/mol. The van der Waals surface area contributed by atoms with E-state index in [1.165, 1.54) is 0 Å². The fourth-order valence-corrected chi connectivity index (χ4v) is 4.44. The molecule has 2 aromatic carbocycles. The van der Waals surface area contributed by atoms with Crippen LogP contribution in [0.5, 0.6) is 5.75 Å². The van der Waals surface area contributed by atoms with E-state index >= 15 is 0 Å². The first-order valence-corrected chi connectivity index (χ1v) is 10.7. The first-order chi connectivity index (χ1) is 14.5. The Morgan fingerprint density at radius 3 is 2.87 bits per heavy atom. The van der Waals surface area contributed by atoms with E-state index in [1.54, 1.807) is 29.7 Å². The summed E-state index contributed by atoms with van der Waals surface area (Å²) in [5.41, 5.74) is 10.7. The molecule has 0 aliphatic carbocycles. The van der Waals surface area contributed by atoms with E-state index in [-0.39, 0.29) is 12.5 Å². The molecule has 5 nitrogen and oxygen atoms in total. The van der Waals surface area contributed by atoms with Crippen LogP contribution in [-0.2, 0) is 17.8 Å². The Labute approximate surface area is 178 Å². The molecule has 0 aliphatic heterocycles. The molecule has 0 spiro atoms. The summed E-state index contributed by atoms with van der Waals surface area (Å²) in [5, 5.41) is 12.2. The third-order valence-electron chi connectivity index (χ3n) is 5.06. The van der Waals surface area contributed by atoms with Gasteiger partial charge in [-0.25, -0.2) is 0 Å². The van der Waals surface area contributed by atoms with E-state index in [1.807, 2.05) is 24.3 Å². The number of rotatable bonds is 8. The summed E-state index contributed by atoms with van der Waals surface area (Å²) in [4.78, 5) is 12.3. The molecule has 2 aromatic heterocycles. The van der Waals surface area contributed by atoms with Crippen LogP contribution in [0.2, 0.25) is 0 Å². The number of hydrogen-bond donors (Lipinski definition) is 2. The van der Waals surface area contributed by atoms with Gasteiger partial charge >= 0.3 is 5.97 Å². The molecule has 4 aromatic rings. The highest BCUT2D eigenvalue weighted by Crippen LogP contribution is 2.35. The molecular weight excluding hydrogens is 398 g/mol. The van der Waals surface area contributed by atoms with Gasteiger partial charge in [-0.05, 0) is 53.3 Å². The Morgan fingerprint density at radius 1 is 1.23 bits per heavy atom. The van der Waals surface area contributed by atoms with Crippen molar-refractivity contribution < 1.29 is 19.1 Å².